The Morgan fingerprint density at radius 3 is 2.50 bits per heavy atom. The fourth-order valence-corrected chi connectivity index (χ4v) is 2.04. The number of benzene rings is 1. The van der Waals surface area contributed by atoms with Crippen LogP contribution in [-0.4, -0.2) is 23.5 Å². The van der Waals surface area contributed by atoms with Crippen molar-refractivity contribution in [2.24, 2.45) is 0 Å². The average Bonchev–Trinajstić information content (AvgIpc) is 2.44. The molecule has 0 radical (unpaired) electrons. The Hall–Kier alpha value is -2.89. The van der Waals surface area contributed by atoms with E-state index < -0.39 is 24.0 Å². The summed E-state index contributed by atoms with van der Waals surface area (Å²) in [6.45, 7) is 3.38. The molecule has 0 atom stereocenters. The molecule has 0 aliphatic rings. The summed E-state index contributed by atoms with van der Waals surface area (Å²) in [5.74, 6) is -1.30. The highest BCUT2D eigenvalue weighted by molar-refractivity contribution is 5.95. The molecule has 6 heteroatoms. The molecule has 0 bridgehead atoms. The molecule has 2 aromatic rings. The van der Waals surface area contributed by atoms with Gasteiger partial charge in [-0.2, -0.15) is 0 Å². The number of H-pyrrole nitrogens is 1. The van der Waals surface area contributed by atoms with Crippen LogP contribution in [0.2, 0.25) is 0 Å². The second kappa shape index (κ2) is 6.71. The lowest BCUT2D eigenvalue weighted by Gasteiger charge is -2.08. The molecule has 2 N–H and O–H groups in total. The number of amides is 1. The van der Waals surface area contributed by atoms with Crippen LogP contribution in [0.3, 0.4) is 0 Å². The Balaban J connectivity index is 1.94. The van der Waals surface area contributed by atoms with Crippen LogP contribution in [0, 0.1) is 13.8 Å². The van der Waals surface area contributed by atoms with E-state index in [2.05, 4.69) is 10.3 Å². The van der Waals surface area contributed by atoms with Crippen LogP contribution in [0.4, 0.5) is 5.69 Å². The van der Waals surface area contributed by atoms with Gasteiger partial charge in [0.1, 0.15) is 5.56 Å². The van der Waals surface area contributed by atoms with Crippen molar-refractivity contribution in [1.82, 2.24) is 4.98 Å². The third-order valence-electron chi connectivity index (χ3n) is 2.88. The maximum atomic E-state index is 11.8. The first-order valence-electron chi connectivity index (χ1n) is 6.68. The smallest absolute Gasteiger partial charge is 0.344 e. The van der Waals surface area contributed by atoms with Crippen molar-refractivity contribution in [2.75, 3.05) is 11.9 Å². The number of hydrogen-bond acceptors (Lipinski definition) is 4. The van der Waals surface area contributed by atoms with Crippen molar-refractivity contribution in [3.8, 4) is 0 Å². The molecule has 0 saturated carbocycles. The summed E-state index contributed by atoms with van der Waals surface area (Å²) in [5, 5.41) is 2.64. The molecule has 114 valence electrons. The van der Waals surface area contributed by atoms with Gasteiger partial charge in [0.25, 0.3) is 11.5 Å². The Morgan fingerprint density at radius 1 is 1.18 bits per heavy atom. The predicted molar refractivity (Wildman–Crippen MR) is 81.9 cm³/mol. The lowest BCUT2D eigenvalue weighted by molar-refractivity contribution is -0.119. The first-order valence-corrected chi connectivity index (χ1v) is 6.68. The first-order chi connectivity index (χ1) is 10.5. The number of ether oxygens (including phenoxy) is 1. The third-order valence-corrected chi connectivity index (χ3v) is 2.88. The predicted octanol–water partition coefficient (Wildman–Crippen LogP) is 1.79. The number of carbonyl (C=O) groups is 2. The second-order valence-electron chi connectivity index (χ2n) is 4.91. The zero-order valence-electron chi connectivity index (χ0n) is 12.3. The van der Waals surface area contributed by atoms with Crippen molar-refractivity contribution >= 4 is 17.6 Å². The van der Waals surface area contributed by atoms with Gasteiger partial charge < -0.3 is 15.0 Å². The van der Waals surface area contributed by atoms with E-state index in [1.165, 1.54) is 18.3 Å². The van der Waals surface area contributed by atoms with Gasteiger partial charge in [0.05, 0.1) is 0 Å². The van der Waals surface area contributed by atoms with Crippen LogP contribution in [0.5, 0.6) is 0 Å². The van der Waals surface area contributed by atoms with E-state index in [1.54, 1.807) is 0 Å². The van der Waals surface area contributed by atoms with Gasteiger partial charge in [-0.05, 0) is 49.2 Å². The van der Waals surface area contributed by atoms with Crippen molar-refractivity contribution in [2.45, 2.75) is 13.8 Å². The molecular weight excluding hydrogens is 284 g/mol. The summed E-state index contributed by atoms with van der Waals surface area (Å²) in [6, 6.07) is 8.46. The molecule has 1 aromatic carbocycles. The lowest BCUT2D eigenvalue weighted by Crippen LogP contribution is -2.24. The molecule has 22 heavy (non-hydrogen) atoms. The van der Waals surface area contributed by atoms with Gasteiger partial charge in [0.2, 0.25) is 0 Å². The third kappa shape index (κ3) is 4.05. The van der Waals surface area contributed by atoms with Gasteiger partial charge in [0.15, 0.2) is 6.61 Å². The number of nitrogens with one attached hydrogen (secondary N) is 2. The van der Waals surface area contributed by atoms with E-state index in [4.69, 9.17) is 4.74 Å². The Bertz CT molecular complexity index is 744. The summed E-state index contributed by atoms with van der Waals surface area (Å²) >= 11 is 0. The highest BCUT2D eigenvalue weighted by Gasteiger charge is 2.13. The number of aromatic amines is 1. The van der Waals surface area contributed by atoms with Crippen LogP contribution in [0.1, 0.15) is 21.5 Å². The molecule has 2 rings (SSSR count). The molecule has 6 nitrogen and oxygen atoms in total. The highest BCUT2D eigenvalue weighted by Crippen LogP contribution is 2.13. The minimum absolute atomic E-state index is 0.137. The number of pyridine rings is 1. The standard InChI is InChI=1S/C16H16N2O4/c1-10-6-11(2)8-12(7-10)18-14(19)9-22-16(21)13-4-3-5-17-15(13)20/h3-8H,9H2,1-2H3,(H,17,20)(H,18,19). The number of aromatic nitrogens is 1. The van der Waals surface area contributed by atoms with Gasteiger partial charge in [0, 0.05) is 11.9 Å². The summed E-state index contributed by atoms with van der Waals surface area (Å²) in [5.41, 5.74) is 1.98. The molecule has 1 amide bonds. The fourth-order valence-electron chi connectivity index (χ4n) is 2.04. The molecule has 1 heterocycles. The van der Waals surface area contributed by atoms with Crippen molar-refractivity contribution < 1.29 is 14.3 Å². The lowest BCUT2D eigenvalue weighted by atomic mass is 10.1. The van der Waals surface area contributed by atoms with Crippen LogP contribution in [0.15, 0.2) is 41.3 Å². The molecule has 1 aromatic heterocycles. The largest absolute Gasteiger partial charge is 0.452 e. The van der Waals surface area contributed by atoms with Crippen LogP contribution in [-0.2, 0) is 9.53 Å². The summed E-state index contributed by atoms with van der Waals surface area (Å²) in [4.78, 5) is 37.3. The number of esters is 1. The summed E-state index contributed by atoms with van der Waals surface area (Å²) in [6.07, 6.45) is 1.41. The molecule has 0 saturated heterocycles. The topological polar surface area (TPSA) is 88.3 Å². The average molecular weight is 300 g/mol. The molecule has 0 unspecified atom stereocenters. The Morgan fingerprint density at radius 2 is 1.86 bits per heavy atom. The van der Waals surface area contributed by atoms with Crippen molar-refractivity contribution in [1.29, 1.82) is 0 Å². The fraction of sp³-hybridized carbons (Fsp3) is 0.188. The molecule has 0 aliphatic heterocycles. The van der Waals surface area contributed by atoms with Crippen LogP contribution >= 0.6 is 0 Å². The summed E-state index contributed by atoms with van der Waals surface area (Å²) < 4.78 is 4.83. The molecular formula is C16H16N2O4. The van der Waals surface area contributed by atoms with E-state index in [0.29, 0.717) is 5.69 Å². The maximum absolute atomic E-state index is 11.8. The van der Waals surface area contributed by atoms with Gasteiger partial charge in [-0.3, -0.25) is 9.59 Å². The number of hydrogen-bond donors (Lipinski definition) is 2. The first kappa shape index (κ1) is 15.5. The van der Waals surface area contributed by atoms with E-state index in [0.717, 1.165) is 11.1 Å². The maximum Gasteiger partial charge on any atom is 0.344 e. The van der Waals surface area contributed by atoms with Gasteiger partial charge in [-0.25, -0.2) is 4.79 Å². The number of aryl methyl sites for hydroxylation is 2. The van der Waals surface area contributed by atoms with Gasteiger partial charge in [-0.15, -0.1) is 0 Å². The van der Waals surface area contributed by atoms with E-state index >= 15 is 0 Å². The monoisotopic (exact) mass is 300 g/mol. The second-order valence-corrected chi connectivity index (χ2v) is 4.91. The van der Waals surface area contributed by atoms with E-state index in [9.17, 15) is 14.4 Å². The Kier molecular flexibility index (Phi) is 4.73. The van der Waals surface area contributed by atoms with Crippen molar-refractivity contribution in [3.63, 3.8) is 0 Å². The number of rotatable bonds is 4. The van der Waals surface area contributed by atoms with Crippen LogP contribution in [0.25, 0.3) is 0 Å². The Labute approximate surface area is 127 Å². The molecule has 0 spiro atoms. The summed E-state index contributed by atoms with van der Waals surface area (Å²) in [7, 11) is 0. The highest BCUT2D eigenvalue weighted by atomic mass is 16.5. The zero-order chi connectivity index (χ0) is 16.1. The molecule has 0 fully saturated rings. The van der Waals surface area contributed by atoms with E-state index in [1.807, 2.05) is 32.0 Å². The van der Waals surface area contributed by atoms with E-state index in [-0.39, 0.29) is 5.56 Å². The van der Waals surface area contributed by atoms with Gasteiger partial charge in [-0.1, -0.05) is 6.07 Å². The minimum Gasteiger partial charge on any atom is -0.452 e. The quantitative estimate of drug-likeness (QED) is 0.843. The van der Waals surface area contributed by atoms with Crippen LogP contribution < -0.4 is 10.9 Å². The minimum atomic E-state index is -0.836. The zero-order valence-corrected chi connectivity index (χ0v) is 12.3. The van der Waals surface area contributed by atoms with Gasteiger partial charge >= 0.3 is 5.97 Å². The number of anilines is 1. The SMILES string of the molecule is Cc1cc(C)cc(NC(=O)COC(=O)c2ccc[nH]c2=O)c1. The normalized spacial score (nSPS) is 10.1. The van der Waals surface area contributed by atoms with Crippen molar-refractivity contribution in [3.05, 3.63) is 63.6 Å². The number of carbonyl (C=O) groups excluding carboxylic acids is 2. The molecule has 0 aliphatic carbocycles.